The van der Waals surface area contributed by atoms with Crippen LogP contribution in [0.15, 0.2) is 35.8 Å². The molecule has 0 bridgehead atoms. The molecule has 4 heteroatoms. The molecule has 17 heavy (non-hydrogen) atoms. The van der Waals surface area contributed by atoms with Gasteiger partial charge in [-0.15, -0.1) is 11.3 Å². The fourth-order valence-corrected chi connectivity index (χ4v) is 2.52. The minimum Gasteiger partial charge on any atom is -0.366 e. The molecule has 0 aliphatic carbocycles. The molecule has 2 rings (SSSR count). The zero-order valence-electron chi connectivity index (χ0n) is 10.1. The van der Waals surface area contributed by atoms with Gasteiger partial charge in [0, 0.05) is 18.5 Å². The number of nitrogens with zero attached hydrogens (tertiary/aromatic N) is 2. The third-order valence-electron chi connectivity index (χ3n) is 2.96. The summed E-state index contributed by atoms with van der Waals surface area (Å²) in [5, 5.41) is 2.11. The van der Waals surface area contributed by atoms with Gasteiger partial charge in [0.05, 0.1) is 23.6 Å². The van der Waals surface area contributed by atoms with E-state index in [2.05, 4.69) is 47.4 Å². The first-order valence-electron chi connectivity index (χ1n) is 5.63. The fourth-order valence-electron chi connectivity index (χ4n) is 1.69. The van der Waals surface area contributed by atoms with Crippen LogP contribution in [0.1, 0.15) is 23.5 Å². The van der Waals surface area contributed by atoms with E-state index in [-0.39, 0.29) is 0 Å². The van der Waals surface area contributed by atoms with Gasteiger partial charge in [-0.2, -0.15) is 0 Å². The van der Waals surface area contributed by atoms with Crippen molar-refractivity contribution in [3.05, 3.63) is 46.4 Å². The van der Waals surface area contributed by atoms with Gasteiger partial charge in [-0.25, -0.2) is 0 Å². The normalized spacial score (nSPS) is 12.4. The quantitative estimate of drug-likeness (QED) is 0.903. The van der Waals surface area contributed by atoms with E-state index in [9.17, 15) is 0 Å². The largest absolute Gasteiger partial charge is 0.366 e. The standard InChI is InChI=1S/C13H17N3S/c1-10(13-4-3-7-17-13)16(2)12-6-5-11(8-14)15-9-12/h3-7,9-10H,8,14H2,1-2H3. The Morgan fingerprint density at radius 1 is 1.41 bits per heavy atom. The lowest BCUT2D eigenvalue weighted by Crippen LogP contribution is -2.21. The molecule has 0 saturated carbocycles. The second-order valence-corrected chi connectivity index (χ2v) is 4.99. The Labute approximate surface area is 106 Å². The summed E-state index contributed by atoms with van der Waals surface area (Å²) in [6.07, 6.45) is 1.88. The van der Waals surface area contributed by atoms with Gasteiger partial charge >= 0.3 is 0 Å². The number of nitrogens with two attached hydrogens (primary N) is 1. The van der Waals surface area contributed by atoms with Crippen molar-refractivity contribution in [3.63, 3.8) is 0 Å². The fraction of sp³-hybridized carbons (Fsp3) is 0.308. The highest BCUT2D eigenvalue weighted by Crippen LogP contribution is 2.27. The topological polar surface area (TPSA) is 42.1 Å². The number of thiophene rings is 1. The van der Waals surface area contributed by atoms with E-state index in [1.807, 2.05) is 12.3 Å². The lowest BCUT2D eigenvalue weighted by atomic mass is 10.2. The summed E-state index contributed by atoms with van der Waals surface area (Å²) in [7, 11) is 2.09. The van der Waals surface area contributed by atoms with Gasteiger partial charge < -0.3 is 10.6 Å². The number of anilines is 1. The number of pyridine rings is 1. The van der Waals surface area contributed by atoms with Crippen LogP contribution < -0.4 is 10.6 Å². The molecule has 0 radical (unpaired) electrons. The van der Waals surface area contributed by atoms with E-state index >= 15 is 0 Å². The highest BCUT2D eigenvalue weighted by molar-refractivity contribution is 7.10. The van der Waals surface area contributed by atoms with Gasteiger partial charge in [0.15, 0.2) is 0 Å². The van der Waals surface area contributed by atoms with Gasteiger partial charge in [-0.05, 0) is 30.5 Å². The minimum absolute atomic E-state index is 0.362. The van der Waals surface area contributed by atoms with Crippen LogP contribution in [0.5, 0.6) is 0 Å². The highest BCUT2D eigenvalue weighted by atomic mass is 32.1. The summed E-state index contributed by atoms with van der Waals surface area (Å²) in [5.74, 6) is 0. The monoisotopic (exact) mass is 247 g/mol. The lowest BCUT2D eigenvalue weighted by Gasteiger charge is -2.26. The first-order chi connectivity index (χ1) is 8.22. The van der Waals surface area contributed by atoms with E-state index in [0.717, 1.165) is 11.4 Å². The zero-order valence-corrected chi connectivity index (χ0v) is 10.9. The molecule has 0 saturated heterocycles. The maximum atomic E-state index is 5.54. The first kappa shape index (κ1) is 12.1. The first-order valence-corrected chi connectivity index (χ1v) is 6.51. The van der Waals surface area contributed by atoms with Crippen LogP contribution in [-0.4, -0.2) is 12.0 Å². The minimum atomic E-state index is 0.362. The molecule has 0 aliphatic heterocycles. The van der Waals surface area contributed by atoms with Crippen molar-refractivity contribution in [3.8, 4) is 0 Å². The molecule has 1 unspecified atom stereocenters. The van der Waals surface area contributed by atoms with E-state index < -0.39 is 0 Å². The Balaban J connectivity index is 2.16. The summed E-state index contributed by atoms with van der Waals surface area (Å²) < 4.78 is 0. The number of rotatable bonds is 4. The van der Waals surface area contributed by atoms with Crippen molar-refractivity contribution >= 4 is 17.0 Å². The second-order valence-electron chi connectivity index (χ2n) is 4.01. The molecule has 2 aromatic heterocycles. The summed E-state index contributed by atoms with van der Waals surface area (Å²) in [6.45, 7) is 2.69. The van der Waals surface area contributed by atoms with Crippen LogP contribution in [0.4, 0.5) is 5.69 Å². The average molecular weight is 247 g/mol. The van der Waals surface area contributed by atoms with Crippen LogP contribution in [0.2, 0.25) is 0 Å². The number of hydrogen-bond acceptors (Lipinski definition) is 4. The zero-order chi connectivity index (χ0) is 12.3. The van der Waals surface area contributed by atoms with Gasteiger partial charge in [0.2, 0.25) is 0 Å². The van der Waals surface area contributed by atoms with Gasteiger partial charge in [0.1, 0.15) is 0 Å². The molecule has 2 aromatic rings. The molecule has 1 atom stereocenters. The van der Waals surface area contributed by atoms with Crippen molar-refractivity contribution < 1.29 is 0 Å². The number of aromatic nitrogens is 1. The maximum Gasteiger partial charge on any atom is 0.0604 e. The number of hydrogen-bond donors (Lipinski definition) is 1. The summed E-state index contributed by atoms with van der Waals surface area (Å²) in [4.78, 5) is 7.90. The van der Waals surface area contributed by atoms with E-state index in [0.29, 0.717) is 12.6 Å². The Morgan fingerprint density at radius 2 is 2.24 bits per heavy atom. The Morgan fingerprint density at radius 3 is 2.76 bits per heavy atom. The molecule has 0 fully saturated rings. The summed E-state index contributed by atoms with van der Waals surface area (Å²) >= 11 is 1.78. The molecule has 3 nitrogen and oxygen atoms in total. The molecule has 2 heterocycles. The van der Waals surface area contributed by atoms with Crippen molar-refractivity contribution in [2.45, 2.75) is 19.5 Å². The van der Waals surface area contributed by atoms with Crippen LogP contribution in [0, 0.1) is 0 Å². The second kappa shape index (κ2) is 5.29. The third kappa shape index (κ3) is 2.65. The molecule has 0 spiro atoms. The summed E-state index contributed by atoms with van der Waals surface area (Å²) in [5.41, 5.74) is 7.57. The van der Waals surface area contributed by atoms with Gasteiger partial charge in [-0.3, -0.25) is 4.98 Å². The highest BCUT2D eigenvalue weighted by Gasteiger charge is 2.13. The molecule has 90 valence electrons. The van der Waals surface area contributed by atoms with Gasteiger partial charge in [0.25, 0.3) is 0 Å². The van der Waals surface area contributed by atoms with Crippen LogP contribution in [0.25, 0.3) is 0 Å². The van der Waals surface area contributed by atoms with Crippen LogP contribution in [0.3, 0.4) is 0 Å². The van der Waals surface area contributed by atoms with E-state index in [1.54, 1.807) is 11.3 Å². The van der Waals surface area contributed by atoms with Gasteiger partial charge in [-0.1, -0.05) is 6.07 Å². The average Bonchev–Trinajstić information content (AvgIpc) is 2.91. The Hall–Kier alpha value is -1.39. The maximum absolute atomic E-state index is 5.54. The van der Waals surface area contributed by atoms with E-state index in [1.165, 1.54) is 4.88 Å². The van der Waals surface area contributed by atoms with Crippen LogP contribution in [-0.2, 0) is 6.54 Å². The predicted molar refractivity (Wildman–Crippen MR) is 73.3 cm³/mol. The Kier molecular flexibility index (Phi) is 3.76. The van der Waals surface area contributed by atoms with Crippen molar-refractivity contribution in [2.24, 2.45) is 5.73 Å². The molecule has 2 N–H and O–H groups in total. The van der Waals surface area contributed by atoms with Crippen molar-refractivity contribution in [1.82, 2.24) is 4.98 Å². The van der Waals surface area contributed by atoms with Crippen molar-refractivity contribution in [2.75, 3.05) is 11.9 Å². The van der Waals surface area contributed by atoms with Crippen LogP contribution >= 0.6 is 11.3 Å². The van der Waals surface area contributed by atoms with E-state index in [4.69, 9.17) is 5.73 Å². The predicted octanol–water partition coefficient (Wildman–Crippen LogP) is 2.80. The molecular weight excluding hydrogens is 230 g/mol. The smallest absolute Gasteiger partial charge is 0.0604 e. The lowest BCUT2D eigenvalue weighted by molar-refractivity contribution is 0.751. The SMILES string of the molecule is CC(c1cccs1)N(C)c1ccc(CN)nc1. The Bertz CT molecular complexity index is 450. The summed E-state index contributed by atoms with van der Waals surface area (Å²) in [6, 6.07) is 8.65. The molecule has 0 aromatic carbocycles. The molecule has 0 amide bonds. The molecular formula is C13H17N3S. The van der Waals surface area contributed by atoms with Crippen molar-refractivity contribution in [1.29, 1.82) is 0 Å². The third-order valence-corrected chi connectivity index (χ3v) is 4.00. The molecule has 0 aliphatic rings.